The molecule has 0 aliphatic carbocycles. The molecule has 1 rings (SSSR count). The minimum absolute atomic E-state index is 0.252. The van der Waals surface area contributed by atoms with Gasteiger partial charge in [-0.1, -0.05) is 52.5 Å². The van der Waals surface area contributed by atoms with Crippen LogP contribution < -0.4 is 10.5 Å². The zero-order valence-corrected chi connectivity index (χ0v) is 13.6. The standard InChI is InChI=1S/C12H13Cl4NO3/c1-19-10-3-2-7(4-8(10)13)5-9(17)11(18)20-6-12(14,15)16/h2-4,9H,5-6,17H2,1H3. The predicted octanol–water partition coefficient (Wildman–Crippen LogP) is 3.13. The molecule has 0 heterocycles. The van der Waals surface area contributed by atoms with E-state index in [2.05, 4.69) is 0 Å². The number of benzene rings is 1. The van der Waals surface area contributed by atoms with Crippen molar-refractivity contribution < 1.29 is 14.3 Å². The highest BCUT2D eigenvalue weighted by molar-refractivity contribution is 6.67. The van der Waals surface area contributed by atoms with Gasteiger partial charge >= 0.3 is 5.97 Å². The van der Waals surface area contributed by atoms with Crippen molar-refractivity contribution in [3.8, 4) is 5.75 Å². The van der Waals surface area contributed by atoms with E-state index in [1.165, 1.54) is 7.11 Å². The molecule has 20 heavy (non-hydrogen) atoms. The van der Waals surface area contributed by atoms with Gasteiger partial charge in [-0.3, -0.25) is 4.79 Å². The summed E-state index contributed by atoms with van der Waals surface area (Å²) in [6.45, 7) is -0.354. The molecule has 1 aromatic carbocycles. The summed E-state index contributed by atoms with van der Waals surface area (Å²) in [5, 5.41) is 0.437. The van der Waals surface area contributed by atoms with Crippen molar-refractivity contribution in [1.29, 1.82) is 0 Å². The Labute approximate surface area is 137 Å². The van der Waals surface area contributed by atoms with Crippen molar-refractivity contribution >= 4 is 52.4 Å². The Hall–Kier alpha value is -0.390. The van der Waals surface area contributed by atoms with E-state index in [0.29, 0.717) is 10.8 Å². The summed E-state index contributed by atoms with van der Waals surface area (Å²) in [5.74, 6) is -0.106. The molecule has 0 saturated heterocycles. The van der Waals surface area contributed by atoms with Crippen molar-refractivity contribution in [3.05, 3.63) is 28.8 Å². The van der Waals surface area contributed by atoms with Gasteiger partial charge < -0.3 is 15.2 Å². The summed E-state index contributed by atoms with van der Waals surface area (Å²) < 4.78 is 8.17. The van der Waals surface area contributed by atoms with Crippen LogP contribution in [0.4, 0.5) is 0 Å². The molecule has 112 valence electrons. The predicted molar refractivity (Wildman–Crippen MR) is 80.9 cm³/mol. The molecule has 0 fully saturated rings. The maximum atomic E-state index is 11.6. The van der Waals surface area contributed by atoms with Crippen molar-refractivity contribution in [3.63, 3.8) is 0 Å². The number of esters is 1. The highest BCUT2D eigenvalue weighted by Crippen LogP contribution is 2.27. The Balaban J connectivity index is 2.59. The van der Waals surface area contributed by atoms with Crippen molar-refractivity contribution in [2.75, 3.05) is 13.7 Å². The van der Waals surface area contributed by atoms with Gasteiger partial charge in [0, 0.05) is 0 Å². The van der Waals surface area contributed by atoms with Crippen LogP contribution in [0.1, 0.15) is 5.56 Å². The smallest absolute Gasteiger partial charge is 0.323 e. The van der Waals surface area contributed by atoms with Crippen molar-refractivity contribution in [2.45, 2.75) is 16.3 Å². The second kappa shape index (κ2) is 7.57. The molecule has 1 atom stereocenters. The quantitative estimate of drug-likeness (QED) is 0.647. The third kappa shape index (κ3) is 5.94. The monoisotopic (exact) mass is 359 g/mol. The Bertz CT molecular complexity index is 476. The number of carbonyl (C=O) groups is 1. The van der Waals surface area contributed by atoms with E-state index in [0.717, 1.165) is 5.56 Å². The van der Waals surface area contributed by atoms with E-state index in [9.17, 15) is 4.79 Å². The van der Waals surface area contributed by atoms with Gasteiger partial charge in [0.05, 0.1) is 12.1 Å². The molecule has 0 saturated carbocycles. The summed E-state index contributed by atoms with van der Waals surface area (Å²) in [6.07, 6.45) is 0.252. The highest BCUT2D eigenvalue weighted by atomic mass is 35.6. The van der Waals surface area contributed by atoms with Crippen LogP contribution in [-0.4, -0.2) is 29.5 Å². The Morgan fingerprint density at radius 2 is 2.05 bits per heavy atom. The largest absolute Gasteiger partial charge is 0.495 e. The molecule has 0 aromatic heterocycles. The number of rotatable bonds is 5. The van der Waals surface area contributed by atoms with Crippen LogP contribution in [0.15, 0.2) is 18.2 Å². The lowest BCUT2D eigenvalue weighted by Gasteiger charge is -2.15. The summed E-state index contributed by atoms with van der Waals surface area (Å²) in [7, 11) is 1.51. The number of halogens is 4. The minimum atomic E-state index is -1.65. The lowest BCUT2D eigenvalue weighted by molar-refractivity contribution is -0.145. The number of carbonyl (C=O) groups excluding carboxylic acids is 1. The fourth-order valence-electron chi connectivity index (χ4n) is 1.43. The normalized spacial score (nSPS) is 12.9. The van der Waals surface area contributed by atoms with E-state index >= 15 is 0 Å². The number of hydrogen-bond acceptors (Lipinski definition) is 4. The molecular formula is C12H13Cl4NO3. The Morgan fingerprint density at radius 3 is 2.55 bits per heavy atom. The molecule has 0 spiro atoms. The molecule has 0 radical (unpaired) electrons. The van der Waals surface area contributed by atoms with E-state index in [-0.39, 0.29) is 13.0 Å². The maximum Gasteiger partial charge on any atom is 0.323 e. The fraction of sp³-hybridized carbons (Fsp3) is 0.417. The Kier molecular flexibility index (Phi) is 6.69. The molecule has 8 heteroatoms. The number of hydrogen-bond donors (Lipinski definition) is 1. The van der Waals surface area contributed by atoms with Gasteiger partial charge in [-0.25, -0.2) is 0 Å². The molecule has 0 amide bonds. The first-order chi connectivity index (χ1) is 9.23. The first-order valence-electron chi connectivity index (χ1n) is 5.54. The van der Waals surface area contributed by atoms with Crippen molar-refractivity contribution in [1.82, 2.24) is 0 Å². The number of ether oxygens (including phenoxy) is 2. The van der Waals surface area contributed by atoms with Gasteiger partial charge in [-0.15, -0.1) is 0 Å². The van der Waals surface area contributed by atoms with E-state index in [4.69, 9.17) is 61.6 Å². The van der Waals surface area contributed by atoms with Gasteiger partial charge in [0.25, 0.3) is 0 Å². The van der Waals surface area contributed by atoms with Crippen LogP contribution >= 0.6 is 46.4 Å². The summed E-state index contributed by atoms with van der Waals surface area (Å²) >= 11 is 22.4. The second-order valence-corrected chi connectivity index (χ2v) is 6.93. The first kappa shape index (κ1) is 17.7. The van der Waals surface area contributed by atoms with Crippen molar-refractivity contribution in [2.24, 2.45) is 5.73 Å². The van der Waals surface area contributed by atoms with Crippen LogP contribution in [0, 0.1) is 0 Å². The average molecular weight is 361 g/mol. The SMILES string of the molecule is COc1ccc(CC(N)C(=O)OCC(Cl)(Cl)Cl)cc1Cl. The van der Waals surface area contributed by atoms with E-state index in [1.54, 1.807) is 18.2 Å². The van der Waals surface area contributed by atoms with Crippen LogP contribution in [0.5, 0.6) is 5.75 Å². The van der Waals surface area contributed by atoms with Gasteiger partial charge in [0.1, 0.15) is 18.4 Å². The highest BCUT2D eigenvalue weighted by Gasteiger charge is 2.24. The summed E-state index contributed by atoms with van der Waals surface area (Å²) in [4.78, 5) is 11.6. The number of methoxy groups -OCH3 is 1. The first-order valence-corrected chi connectivity index (χ1v) is 7.05. The lowest BCUT2D eigenvalue weighted by Crippen LogP contribution is -2.36. The van der Waals surface area contributed by atoms with Gasteiger partial charge in [0.2, 0.25) is 3.79 Å². The van der Waals surface area contributed by atoms with Crippen LogP contribution in [0.2, 0.25) is 5.02 Å². The molecule has 0 bridgehead atoms. The zero-order chi connectivity index (χ0) is 15.3. The third-order valence-electron chi connectivity index (χ3n) is 2.35. The van der Waals surface area contributed by atoms with Crippen LogP contribution in [0.3, 0.4) is 0 Å². The lowest BCUT2D eigenvalue weighted by atomic mass is 10.1. The zero-order valence-electron chi connectivity index (χ0n) is 10.5. The third-order valence-corrected chi connectivity index (χ3v) is 2.98. The van der Waals surface area contributed by atoms with Gasteiger partial charge in [-0.05, 0) is 24.1 Å². The maximum absolute atomic E-state index is 11.6. The molecular weight excluding hydrogens is 348 g/mol. The van der Waals surface area contributed by atoms with E-state index in [1.807, 2.05) is 0 Å². The molecule has 4 nitrogen and oxygen atoms in total. The molecule has 0 aliphatic rings. The molecule has 1 aromatic rings. The van der Waals surface area contributed by atoms with Gasteiger partial charge in [0.15, 0.2) is 0 Å². The molecule has 2 N–H and O–H groups in total. The van der Waals surface area contributed by atoms with Crippen LogP contribution in [0.25, 0.3) is 0 Å². The summed E-state index contributed by atoms with van der Waals surface area (Å²) in [6, 6.07) is 4.25. The van der Waals surface area contributed by atoms with E-state index < -0.39 is 15.8 Å². The number of alkyl halides is 3. The topological polar surface area (TPSA) is 61.5 Å². The Morgan fingerprint density at radius 1 is 1.40 bits per heavy atom. The summed E-state index contributed by atoms with van der Waals surface area (Å²) in [5.41, 5.74) is 6.49. The average Bonchev–Trinajstić information content (AvgIpc) is 2.35. The fourth-order valence-corrected chi connectivity index (χ4v) is 1.88. The second-order valence-electron chi connectivity index (χ2n) is 4.00. The molecule has 1 unspecified atom stereocenters. The van der Waals surface area contributed by atoms with Crippen LogP contribution in [-0.2, 0) is 16.0 Å². The van der Waals surface area contributed by atoms with Gasteiger partial charge in [-0.2, -0.15) is 0 Å². The number of nitrogens with two attached hydrogens (primary N) is 1. The minimum Gasteiger partial charge on any atom is -0.495 e. The molecule has 0 aliphatic heterocycles.